The van der Waals surface area contributed by atoms with Crippen molar-refractivity contribution in [3.8, 4) is 0 Å². The fourth-order valence-electron chi connectivity index (χ4n) is 1.75. The van der Waals surface area contributed by atoms with Gasteiger partial charge in [-0.25, -0.2) is 4.68 Å². The molecule has 1 N–H and O–H groups in total. The lowest BCUT2D eigenvalue weighted by atomic mass is 10.2. The van der Waals surface area contributed by atoms with Crippen LogP contribution < -0.4 is 0 Å². The first-order chi connectivity index (χ1) is 11.0. The van der Waals surface area contributed by atoms with Crippen molar-refractivity contribution in [3.05, 3.63) is 38.3 Å². The first-order valence-electron chi connectivity index (χ1n) is 6.66. The van der Waals surface area contributed by atoms with Crippen LogP contribution in [0.3, 0.4) is 0 Å². The number of nitrogens with zero attached hydrogens (tertiary/aromatic N) is 2. The van der Waals surface area contributed by atoms with Crippen molar-refractivity contribution in [1.82, 2.24) is 9.78 Å². The summed E-state index contributed by atoms with van der Waals surface area (Å²) in [6.45, 7) is 0.386. The van der Waals surface area contributed by atoms with Crippen LogP contribution >= 0.6 is 63.0 Å². The normalized spacial score (nSPS) is 12.3. The minimum atomic E-state index is -0.471. The van der Waals surface area contributed by atoms with Gasteiger partial charge < -0.3 is 5.11 Å². The minimum Gasteiger partial charge on any atom is -0.390 e. The molecule has 2 rings (SSSR count). The molecule has 1 unspecified atom stereocenters. The van der Waals surface area contributed by atoms with Crippen LogP contribution in [0.5, 0.6) is 0 Å². The van der Waals surface area contributed by atoms with Crippen molar-refractivity contribution >= 4 is 68.8 Å². The number of hydrogen-bond acceptors (Lipinski definition) is 7. The van der Waals surface area contributed by atoms with Crippen molar-refractivity contribution in [2.45, 2.75) is 17.0 Å². The van der Waals surface area contributed by atoms with Gasteiger partial charge in [-0.1, -0.05) is 51.2 Å². The molecule has 1 atom stereocenters. The van der Waals surface area contributed by atoms with Gasteiger partial charge in [0.25, 0.3) is 0 Å². The SMILES string of the molecule is CSCC(O)Cn1nc(SCC(=O)c2ccc(Br)cc2)sc1=S. The number of aromatic nitrogens is 2. The van der Waals surface area contributed by atoms with Gasteiger partial charge in [-0.05, 0) is 30.6 Å². The molecule has 4 nitrogen and oxygen atoms in total. The highest BCUT2D eigenvalue weighted by Gasteiger charge is 2.12. The summed E-state index contributed by atoms with van der Waals surface area (Å²) in [6, 6.07) is 7.30. The number of thioether (sulfide) groups is 2. The molecule has 0 aliphatic rings. The Bertz CT molecular complexity index is 714. The summed E-state index contributed by atoms with van der Waals surface area (Å²) in [6.07, 6.45) is 1.47. The fourth-order valence-corrected chi connectivity index (χ4v) is 4.75. The van der Waals surface area contributed by atoms with E-state index in [2.05, 4.69) is 21.0 Å². The van der Waals surface area contributed by atoms with E-state index in [9.17, 15) is 9.90 Å². The van der Waals surface area contributed by atoms with Crippen LogP contribution in [-0.4, -0.2) is 44.5 Å². The first-order valence-corrected chi connectivity index (χ1v) is 11.1. The number of halogens is 1. The van der Waals surface area contributed by atoms with Gasteiger partial charge in [0.1, 0.15) is 0 Å². The average molecular weight is 451 g/mol. The van der Waals surface area contributed by atoms with E-state index in [1.807, 2.05) is 18.4 Å². The third kappa shape index (κ3) is 5.99. The molecule has 0 saturated carbocycles. The Labute approximate surface area is 160 Å². The lowest BCUT2D eigenvalue weighted by Crippen LogP contribution is -2.19. The molecule has 0 radical (unpaired) electrons. The zero-order chi connectivity index (χ0) is 16.8. The molecule has 0 bridgehead atoms. The molecule has 1 aromatic carbocycles. The van der Waals surface area contributed by atoms with Crippen LogP contribution in [0.4, 0.5) is 0 Å². The monoisotopic (exact) mass is 450 g/mol. The van der Waals surface area contributed by atoms with E-state index in [4.69, 9.17) is 12.2 Å². The number of ketones is 1. The minimum absolute atomic E-state index is 0.0533. The van der Waals surface area contributed by atoms with E-state index >= 15 is 0 Å². The van der Waals surface area contributed by atoms with Crippen LogP contribution in [0, 0.1) is 3.95 Å². The number of aliphatic hydroxyl groups excluding tert-OH is 1. The maximum absolute atomic E-state index is 12.1. The Hall–Kier alpha value is -0.190. The van der Waals surface area contributed by atoms with Crippen molar-refractivity contribution in [2.24, 2.45) is 0 Å². The van der Waals surface area contributed by atoms with Crippen molar-refractivity contribution in [1.29, 1.82) is 0 Å². The summed E-state index contributed by atoms with van der Waals surface area (Å²) in [5, 5.41) is 14.2. The summed E-state index contributed by atoms with van der Waals surface area (Å²) in [4.78, 5) is 12.1. The van der Waals surface area contributed by atoms with Crippen LogP contribution in [0.25, 0.3) is 0 Å². The summed E-state index contributed by atoms with van der Waals surface area (Å²) in [5.74, 6) is 1.01. The summed E-state index contributed by atoms with van der Waals surface area (Å²) in [7, 11) is 0. The zero-order valence-corrected chi connectivity index (χ0v) is 17.1. The number of hydrogen-bond donors (Lipinski definition) is 1. The van der Waals surface area contributed by atoms with Crippen LogP contribution in [0.1, 0.15) is 10.4 Å². The Morgan fingerprint density at radius 3 is 2.83 bits per heavy atom. The average Bonchev–Trinajstić information content (AvgIpc) is 2.86. The quantitative estimate of drug-likeness (QED) is 0.370. The van der Waals surface area contributed by atoms with Crippen molar-refractivity contribution in [3.63, 3.8) is 0 Å². The van der Waals surface area contributed by atoms with Crippen molar-refractivity contribution < 1.29 is 9.90 Å². The predicted molar refractivity (Wildman–Crippen MR) is 105 cm³/mol. The first kappa shape index (κ1) is 19.1. The van der Waals surface area contributed by atoms with Gasteiger partial charge in [0, 0.05) is 15.8 Å². The second-order valence-corrected chi connectivity index (χ2v) is 9.32. The van der Waals surface area contributed by atoms with Crippen molar-refractivity contribution in [2.75, 3.05) is 17.8 Å². The fraction of sp³-hybridized carbons (Fsp3) is 0.357. The third-order valence-corrected chi connectivity index (χ3v) is 6.51. The Balaban J connectivity index is 1.94. The highest BCUT2D eigenvalue weighted by Crippen LogP contribution is 2.23. The third-order valence-electron chi connectivity index (χ3n) is 2.82. The summed E-state index contributed by atoms with van der Waals surface area (Å²) >= 11 is 12.9. The lowest BCUT2D eigenvalue weighted by Gasteiger charge is -2.07. The van der Waals surface area contributed by atoms with Gasteiger partial charge in [-0.2, -0.15) is 16.9 Å². The molecule has 124 valence electrons. The Morgan fingerprint density at radius 1 is 1.48 bits per heavy atom. The Morgan fingerprint density at radius 2 is 2.17 bits per heavy atom. The number of rotatable bonds is 8. The summed E-state index contributed by atoms with van der Waals surface area (Å²) < 4.78 is 3.94. The number of benzene rings is 1. The van der Waals surface area contributed by atoms with Gasteiger partial charge >= 0.3 is 0 Å². The molecule has 2 aromatic rings. The lowest BCUT2D eigenvalue weighted by molar-refractivity contribution is 0.102. The number of aliphatic hydroxyl groups is 1. The Kier molecular flexibility index (Phi) is 7.77. The standard InChI is InChI=1S/C14H15BrN2O2S4/c1-21-7-11(18)6-17-14(20)23-13(16-17)22-8-12(19)9-2-4-10(15)5-3-9/h2-5,11,18H,6-8H2,1H3. The molecule has 0 amide bonds. The number of Topliss-reactive ketones (excluding diaryl/α,β-unsaturated/α-hetero) is 1. The van der Waals surface area contributed by atoms with Gasteiger partial charge in [0.2, 0.25) is 0 Å². The molecule has 9 heteroatoms. The highest BCUT2D eigenvalue weighted by molar-refractivity contribution is 9.10. The maximum Gasteiger partial charge on any atom is 0.180 e. The molecule has 0 spiro atoms. The molecule has 23 heavy (non-hydrogen) atoms. The molecule has 0 saturated heterocycles. The maximum atomic E-state index is 12.1. The van der Waals surface area contributed by atoms with Crippen LogP contribution in [0.2, 0.25) is 0 Å². The molecule has 0 fully saturated rings. The van der Waals surface area contributed by atoms with E-state index in [1.54, 1.807) is 28.6 Å². The smallest absolute Gasteiger partial charge is 0.180 e. The van der Waals surface area contributed by atoms with E-state index < -0.39 is 6.10 Å². The molecule has 0 aliphatic carbocycles. The second kappa shape index (κ2) is 9.33. The van der Waals surface area contributed by atoms with E-state index in [0.29, 0.717) is 27.6 Å². The molecular formula is C14H15BrN2O2S4. The van der Waals surface area contributed by atoms with E-state index in [0.717, 1.165) is 8.81 Å². The van der Waals surface area contributed by atoms with E-state index in [-0.39, 0.29) is 5.78 Å². The number of carbonyl (C=O) groups is 1. The number of carbonyl (C=O) groups excluding carboxylic acids is 1. The molecule has 1 heterocycles. The highest BCUT2D eigenvalue weighted by atomic mass is 79.9. The second-order valence-electron chi connectivity index (χ2n) is 4.64. The van der Waals surface area contributed by atoms with Gasteiger partial charge in [-0.3, -0.25) is 4.79 Å². The molecular weight excluding hydrogens is 436 g/mol. The molecule has 0 aliphatic heterocycles. The molecule has 1 aromatic heterocycles. The van der Waals surface area contributed by atoms with Gasteiger partial charge in [-0.15, -0.1) is 0 Å². The van der Waals surface area contributed by atoms with E-state index in [1.165, 1.54) is 23.1 Å². The summed E-state index contributed by atoms with van der Waals surface area (Å²) in [5.41, 5.74) is 0.680. The van der Waals surface area contributed by atoms with Gasteiger partial charge in [0.15, 0.2) is 14.1 Å². The van der Waals surface area contributed by atoms with Crippen LogP contribution in [-0.2, 0) is 6.54 Å². The van der Waals surface area contributed by atoms with Gasteiger partial charge in [0.05, 0.1) is 18.4 Å². The topological polar surface area (TPSA) is 55.1 Å². The largest absolute Gasteiger partial charge is 0.390 e. The zero-order valence-electron chi connectivity index (χ0n) is 12.3. The predicted octanol–water partition coefficient (Wildman–Crippen LogP) is 4.14. The van der Waals surface area contributed by atoms with Crippen LogP contribution in [0.15, 0.2) is 33.1 Å².